The Morgan fingerprint density at radius 2 is 0.622 bits per heavy atom. The van der Waals surface area contributed by atoms with Gasteiger partial charge < -0.3 is 20.1 Å². The molecule has 7 aromatic carbocycles. The van der Waals surface area contributed by atoms with Crippen molar-refractivity contribution in [2.24, 2.45) is 0 Å². The van der Waals surface area contributed by atoms with Crippen molar-refractivity contribution in [3.05, 3.63) is 178 Å². The van der Waals surface area contributed by atoms with Crippen LogP contribution in [0.3, 0.4) is 0 Å². The number of anilines is 2. The maximum atomic E-state index is 15.2. The molecule has 2 N–H and O–H groups in total. The zero-order valence-corrected chi connectivity index (χ0v) is 40.0. The Hall–Kier alpha value is -10.1. The number of hydrogen-bond donors (Lipinski definition) is 2. The molecule has 8 nitrogen and oxygen atoms in total. The molecule has 0 bridgehead atoms. The second kappa shape index (κ2) is 19.9. The second-order valence-corrected chi connectivity index (χ2v) is 17.7. The van der Waals surface area contributed by atoms with E-state index in [1.807, 2.05) is 0 Å². The van der Waals surface area contributed by atoms with Crippen LogP contribution in [-0.4, -0.2) is 0 Å². The van der Waals surface area contributed by atoms with Crippen LogP contribution in [0.5, 0.6) is 11.5 Å². The first-order valence-electron chi connectivity index (χ1n) is 22.7. The van der Waals surface area contributed by atoms with E-state index in [-0.39, 0.29) is 81.2 Å². The minimum absolute atomic E-state index is 0.0977. The van der Waals surface area contributed by atoms with Crippen LogP contribution >= 0.6 is 0 Å². The van der Waals surface area contributed by atoms with Gasteiger partial charge >= 0.3 is 37.1 Å². The Morgan fingerprint density at radius 1 is 0.329 bits per heavy atom. The molecule has 0 aliphatic carbocycles. The second-order valence-electron chi connectivity index (χ2n) is 17.7. The van der Waals surface area contributed by atoms with Crippen LogP contribution < -0.4 is 20.1 Å². The molecule has 0 saturated carbocycles. The summed E-state index contributed by atoms with van der Waals surface area (Å²) in [6.45, 7) is 0. The standard InChI is InChI=1S/C56H22F18N6O2/c57-51(58,59)31-13-27(14-32(19-31)52(60,61)62)37-11-9-25(17-41(37)55(69,70)71)35-5-1-3-7-39(35)43-45-48(82-49(79-45)29(21-75)22-76)44(46-47(43)81-50(80-46)30(23-77)24-78)40-8-4-2-6-36(40)26-10-12-38(42(18-26)56(72,73)74)28-15-33(53(63,64)65)20-34(16-28)54(66,67)68/h1-20,79-80H. The number of benzene rings is 7. The van der Waals surface area contributed by atoms with Crippen molar-refractivity contribution in [1.29, 1.82) is 21.0 Å². The van der Waals surface area contributed by atoms with E-state index in [9.17, 15) is 73.7 Å². The van der Waals surface area contributed by atoms with Crippen molar-refractivity contribution >= 4 is 11.4 Å². The predicted molar refractivity (Wildman–Crippen MR) is 254 cm³/mol. The summed E-state index contributed by atoms with van der Waals surface area (Å²) < 4.78 is 270. The molecule has 0 radical (unpaired) electrons. The van der Waals surface area contributed by atoms with Crippen molar-refractivity contribution in [2.75, 3.05) is 10.6 Å². The smallest absolute Gasteiger partial charge is 0.417 e. The summed E-state index contributed by atoms with van der Waals surface area (Å²) in [6, 6.07) is 20.3. The molecule has 0 amide bonds. The normalized spacial score (nSPS) is 13.3. The van der Waals surface area contributed by atoms with Gasteiger partial charge in [-0.15, -0.1) is 0 Å². The Bertz CT molecular complexity index is 3680. The molecule has 26 heteroatoms. The highest BCUT2D eigenvalue weighted by Gasteiger charge is 2.44. The van der Waals surface area contributed by atoms with E-state index in [2.05, 4.69) is 10.6 Å². The van der Waals surface area contributed by atoms with Gasteiger partial charge in [0.15, 0.2) is 22.6 Å². The van der Waals surface area contributed by atoms with Crippen LogP contribution in [-0.2, 0) is 37.1 Å². The zero-order valence-electron chi connectivity index (χ0n) is 40.0. The van der Waals surface area contributed by atoms with E-state index in [4.69, 9.17) is 9.47 Å². The van der Waals surface area contributed by atoms with Gasteiger partial charge in [0.05, 0.1) is 55.9 Å². The van der Waals surface area contributed by atoms with Crippen LogP contribution in [0, 0.1) is 45.3 Å². The number of ether oxygens (including phenoxy) is 2. The first kappa shape index (κ1) is 56.6. The van der Waals surface area contributed by atoms with Gasteiger partial charge in [-0.25, -0.2) is 0 Å². The third-order valence-electron chi connectivity index (χ3n) is 12.7. The molecule has 0 aromatic heterocycles. The highest BCUT2D eigenvalue weighted by atomic mass is 19.4. The van der Waals surface area contributed by atoms with E-state index in [1.165, 1.54) is 48.5 Å². The summed E-state index contributed by atoms with van der Waals surface area (Å²) in [5, 5.41) is 45.4. The van der Waals surface area contributed by atoms with Crippen LogP contribution in [0.4, 0.5) is 90.4 Å². The Balaban J connectivity index is 1.32. The first-order valence-corrected chi connectivity index (χ1v) is 22.7. The average molecular weight is 1150 g/mol. The molecule has 0 spiro atoms. The van der Waals surface area contributed by atoms with Gasteiger partial charge in [0, 0.05) is 0 Å². The minimum Gasteiger partial charge on any atom is -0.436 e. The molecule has 2 aliphatic heterocycles. The summed E-state index contributed by atoms with van der Waals surface area (Å²) in [5.41, 5.74) is -20.1. The monoisotopic (exact) mass is 1150 g/mol. The zero-order chi connectivity index (χ0) is 59.8. The minimum atomic E-state index is -5.49. The molecular weight excluding hydrogens is 1130 g/mol. The highest BCUT2D eigenvalue weighted by molar-refractivity contribution is 6.09. The summed E-state index contributed by atoms with van der Waals surface area (Å²) in [6.07, 6.45) is -32.8. The maximum Gasteiger partial charge on any atom is 0.417 e. The van der Waals surface area contributed by atoms with Crippen molar-refractivity contribution in [3.8, 4) is 103 Å². The van der Waals surface area contributed by atoms with Gasteiger partial charge in [0.1, 0.15) is 24.3 Å². The molecule has 0 fully saturated rings. The largest absolute Gasteiger partial charge is 0.436 e. The number of alkyl halides is 18. The van der Waals surface area contributed by atoms with Crippen molar-refractivity contribution in [2.45, 2.75) is 37.1 Å². The van der Waals surface area contributed by atoms with E-state index < -0.39 is 138 Å². The van der Waals surface area contributed by atoms with Gasteiger partial charge in [-0.2, -0.15) is 100 Å². The fourth-order valence-corrected chi connectivity index (χ4v) is 9.15. The predicted octanol–water partition coefficient (Wildman–Crippen LogP) is 17.9. The van der Waals surface area contributed by atoms with Gasteiger partial charge in [-0.05, 0) is 104 Å². The lowest BCUT2D eigenvalue weighted by atomic mass is 9.86. The fraction of sp³-hybridized carbons (Fsp3) is 0.107. The number of nitrogens with zero attached hydrogens (tertiary/aromatic N) is 4. The summed E-state index contributed by atoms with van der Waals surface area (Å²) in [4.78, 5) is 0. The number of rotatable bonds is 6. The molecule has 0 saturated heterocycles. The van der Waals surface area contributed by atoms with Crippen LogP contribution in [0.25, 0.3) is 66.8 Å². The summed E-state index contributed by atoms with van der Waals surface area (Å²) >= 11 is 0. The van der Waals surface area contributed by atoms with Crippen LogP contribution in [0.2, 0.25) is 0 Å². The van der Waals surface area contributed by atoms with E-state index in [0.29, 0.717) is 24.3 Å². The number of fused-ring (bicyclic) bond motifs is 2. The van der Waals surface area contributed by atoms with E-state index in [0.717, 1.165) is 12.1 Å². The maximum absolute atomic E-state index is 15.2. The molecular formula is C56H22F18N6O2. The SMILES string of the molecule is N#CC(C#N)=C1Nc2c(c(-c3ccccc3-c3ccc(-c4cc(C(F)(F)F)cc(C(F)(F)F)c4)c(C(F)(F)F)c3)c3c(c2-c2ccccc2-c2ccc(-c4cc(C(F)(F)F)cc(C(F)(F)F)c4)c(C(F)(F)F)c2)OC(=C(C#N)C#N)N3)O1. The number of nitriles is 4. The third-order valence-corrected chi connectivity index (χ3v) is 12.7. The van der Waals surface area contributed by atoms with Crippen molar-refractivity contribution in [1.82, 2.24) is 0 Å². The highest BCUT2D eigenvalue weighted by Crippen LogP contribution is 2.62. The van der Waals surface area contributed by atoms with Crippen LogP contribution in [0.1, 0.15) is 33.4 Å². The molecule has 414 valence electrons. The Kier molecular flexibility index (Phi) is 13.8. The van der Waals surface area contributed by atoms with Gasteiger partial charge in [0.2, 0.25) is 11.8 Å². The third kappa shape index (κ3) is 10.5. The number of hydrogen-bond acceptors (Lipinski definition) is 8. The Labute approximate surface area is 447 Å². The quantitative estimate of drug-likeness (QED) is 0.124. The summed E-state index contributed by atoms with van der Waals surface area (Å²) in [5.74, 6) is -2.21. The van der Waals surface area contributed by atoms with E-state index in [1.54, 1.807) is 24.3 Å². The van der Waals surface area contributed by atoms with Gasteiger partial charge in [0.25, 0.3) is 0 Å². The average Bonchev–Trinajstić information content (AvgIpc) is 3.14. The number of allylic oxidation sites excluding steroid dienone is 2. The topological polar surface area (TPSA) is 138 Å². The van der Waals surface area contributed by atoms with E-state index >= 15 is 26.3 Å². The van der Waals surface area contributed by atoms with Crippen molar-refractivity contribution in [3.63, 3.8) is 0 Å². The molecule has 2 aliphatic rings. The molecule has 0 unspecified atom stereocenters. The molecule has 82 heavy (non-hydrogen) atoms. The lowest BCUT2D eigenvalue weighted by Crippen LogP contribution is -2.12. The number of nitrogens with one attached hydrogen (secondary N) is 2. The van der Waals surface area contributed by atoms with Gasteiger partial charge in [-0.1, -0.05) is 72.8 Å². The molecule has 9 rings (SSSR count). The molecule has 2 heterocycles. The fourth-order valence-electron chi connectivity index (χ4n) is 9.15. The molecule has 7 aromatic rings. The lowest BCUT2D eigenvalue weighted by molar-refractivity contribution is -0.144. The summed E-state index contributed by atoms with van der Waals surface area (Å²) in [7, 11) is 0. The number of halogens is 18. The Morgan fingerprint density at radius 3 is 0.890 bits per heavy atom. The molecule has 0 atom stereocenters. The van der Waals surface area contributed by atoms with Gasteiger partial charge in [-0.3, -0.25) is 0 Å². The van der Waals surface area contributed by atoms with Crippen LogP contribution in [0.15, 0.2) is 144 Å². The first-order chi connectivity index (χ1) is 38.3. The van der Waals surface area contributed by atoms with Crippen molar-refractivity contribution < 1.29 is 88.5 Å². The lowest BCUT2D eigenvalue weighted by Gasteiger charge is -2.21.